The molecule has 3 N–H and O–H groups in total. The van der Waals surface area contributed by atoms with Gasteiger partial charge in [0, 0.05) is 24.7 Å². The van der Waals surface area contributed by atoms with Gasteiger partial charge in [-0.2, -0.15) is 0 Å². The van der Waals surface area contributed by atoms with E-state index < -0.39 is 5.60 Å². The van der Waals surface area contributed by atoms with Gasteiger partial charge in [-0.15, -0.1) is 0 Å². The third-order valence-corrected chi connectivity index (χ3v) is 2.94. The van der Waals surface area contributed by atoms with Crippen molar-refractivity contribution in [2.75, 3.05) is 6.61 Å². The lowest BCUT2D eigenvalue weighted by Gasteiger charge is -2.38. The van der Waals surface area contributed by atoms with Crippen molar-refractivity contribution in [3.63, 3.8) is 0 Å². The SMILES string of the molecule is CC(CCO)NC1CC(NC(=O)OC(C)(C)C)C1. The maximum Gasteiger partial charge on any atom is 0.407 e. The first-order chi connectivity index (χ1) is 8.30. The second kappa shape index (κ2) is 6.38. The van der Waals surface area contributed by atoms with Crippen LogP contribution in [0.5, 0.6) is 0 Å². The molecule has 1 rings (SSSR count). The van der Waals surface area contributed by atoms with E-state index in [0.717, 1.165) is 19.3 Å². The van der Waals surface area contributed by atoms with Crippen LogP contribution < -0.4 is 10.6 Å². The van der Waals surface area contributed by atoms with Crippen LogP contribution in [0, 0.1) is 0 Å². The van der Waals surface area contributed by atoms with Crippen LogP contribution >= 0.6 is 0 Å². The smallest absolute Gasteiger partial charge is 0.407 e. The second-order valence-electron chi connectivity index (χ2n) is 6.09. The third-order valence-electron chi connectivity index (χ3n) is 2.94. The molecule has 1 atom stereocenters. The summed E-state index contributed by atoms with van der Waals surface area (Å²) >= 11 is 0. The summed E-state index contributed by atoms with van der Waals surface area (Å²) in [6.45, 7) is 7.84. The highest BCUT2D eigenvalue weighted by Gasteiger charge is 2.31. The lowest BCUT2D eigenvalue weighted by Crippen LogP contribution is -2.54. The van der Waals surface area contributed by atoms with Crippen LogP contribution in [0.4, 0.5) is 4.79 Å². The van der Waals surface area contributed by atoms with Gasteiger partial charge in [0.1, 0.15) is 5.60 Å². The van der Waals surface area contributed by atoms with Crippen LogP contribution in [0.25, 0.3) is 0 Å². The molecule has 1 saturated carbocycles. The molecule has 106 valence electrons. The Morgan fingerprint density at radius 1 is 1.39 bits per heavy atom. The molecule has 0 radical (unpaired) electrons. The van der Waals surface area contributed by atoms with Crippen LogP contribution in [-0.4, -0.2) is 41.5 Å². The van der Waals surface area contributed by atoms with E-state index in [2.05, 4.69) is 17.6 Å². The summed E-state index contributed by atoms with van der Waals surface area (Å²) in [5.74, 6) is 0. The normalized spacial score (nSPS) is 25.2. The van der Waals surface area contributed by atoms with E-state index in [-0.39, 0.29) is 18.7 Å². The zero-order valence-electron chi connectivity index (χ0n) is 11.8. The molecule has 1 aliphatic carbocycles. The van der Waals surface area contributed by atoms with Crippen molar-refractivity contribution in [1.29, 1.82) is 0 Å². The molecule has 1 amide bonds. The standard InChI is InChI=1S/C13H26N2O3/c1-9(5-6-16)14-10-7-11(8-10)15-12(17)18-13(2,3)4/h9-11,14,16H,5-8H2,1-4H3,(H,15,17). The van der Waals surface area contributed by atoms with Crippen LogP contribution in [0.15, 0.2) is 0 Å². The molecule has 0 saturated heterocycles. The maximum absolute atomic E-state index is 11.5. The van der Waals surface area contributed by atoms with Crippen molar-refractivity contribution in [3.05, 3.63) is 0 Å². The number of carbonyl (C=O) groups is 1. The molecule has 0 spiro atoms. The zero-order valence-corrected chi connectivity index (χ0v) is 11.8. The number of amides is 1. The highest BCUT2D eigenvalue weighted by molar-refractivity contribution is 5.68. The average molecular weight is 258 g/mol. The Balaban J connectivity index is 2.13. The van der Waals surface area contributed by atoms with Crippen molar-refractivity contribution in [3.8, 4) is 0 Å². The second-order valence-corrected chi connectivity index (χ2v) is 6.09. The van der Waals surface area contributed by atoms with Gasteiger partial charge in [-0.3, -0.25) is 0 Å². The monoisotopic (exact) mass is 258 g/mol. The molecule has 1 aliphatic rings. The third kappa shape index (κ3) is 5.69. The minimum atomic E-state index is -0.443. The van der Waals surface area contributed by atoms with Crippen molar-refractivity contribution < 1.29 is 14.6 Å². The van der Waals surface area contributed by atoms with Crippen molar-refractivity contribution in [2.24, 2.45) is 0 Å². The molecule has 0 aromatic carbocycles. The Labute approximate surface area is 109 Å². The Morgan fingerprint density at radius 2 is 2.00 bits per heavy atom. The molecule has 0 aliphatic heterocycles. The maximum atomic E-state index is 11.5. The van der Waals surface area contributed by atoms with E-state index in [1.54, 1.807) is 0 Å². The van der Waals surface area contributed by atoms with E-state index in [1.807, 2.05) is 20.8 Å². The van der Waals surface area contributed by atoms with Gasteiger partial charge >= 0.3 is 6.09 Å². The molecule has 5 heteroatoms. The van der Waals surface area contributed by atoms with Crippen molar-refractivity contribution in [2.45, 2.75) is 70.7 Å². The number of hydrogen-bond acceptors (Lipinski definition) is 4. The Bertz CT molecular complexity index is 270. The highest BCUT2D eigenvalue weighted by atomic mass is 16.6. The van der Waals surface area contributed by atoms with Gasteiger partial charge in [-0.25, -0.2) is 4.79 Å². The number of rotatable bonds is 5. The first-order valence-electron chi connectivity index (χ1n) is 6.66. The first kappa shape index (κ1) is 15.2. The molecule has 0 aromatic heterocycles. The molecule has 1 unspecified atom stereocenters. The fourth-order valence-electron chi connectivity index (χ4n) is 2.03. The predicted octanol–water partition coefficient (Wildman–Crippen LogP) is 1.40. The van der Waals surface area contributed by atoms with Gasteiger partial charge in [-0.05, 0) is 47.0 Å². The summed E-state index contributed by atoms with van der Waals surface area (Å²) in [6, 6.07) is 0.965. The molecular formula is C13H26N2O3. The van der Waals surface area contributed by atoms with E-state index >= 15 is 0 Å². The number of carbonyl (C=O) groups excluding carboxylic acids is 1. The van der Waals surface area contributed by atoms with E-state index in [0.29, 0.717) is 12.1 Å². The number of ether oxygens (including phenoxy) is 1. The number of aliphatic hydroxyl groups is 1. The topological polar surface area (TPSA) is 70.6 Å². The van der Waals surface area contributed by atoms with Gasteiger partial charge < -0.3 is 20.5 Å². The number of aliphatic hydroxyl groups excluding tert-OH is 1. The molecule has 1 fully saturated rings. The van der Waals surface area contributed by atoms with E-state index in [1.165, 1.54) is 0 Å². The summed E-state index contributed by atoms with van der Waals surface area (Å²) < 4.78 is 5.20. The average Bonchev–Trinajstić information content (AvgIpc) is 2.11. The van der Waals surface area contributed by atoms with E-state index in [9.17, 15) is 4.79 Å². The lowest BCUT2D eigenvalue weighted by atomic mass is 9.86. The summed E-state index contributed by atoms with van der Waals surface area (Å²) in [5.41, 5.74) is -0.443. The molecule has 0 bridgehead atoms. The number of hydrogen-bond donors (Lipinski definition) is 3. The van der Waals surface area contributed by atoms with Crippen molar-refractivity contribution >= 4 is 6.09 Å². The zero-order chi connectivity index (χ0) is 13.8. The lowest BCUT2D eigenvalue weighted by molar-refractivity contribution is 0.0463. The van der Waals surface area contributed by atoms with Crippen LogP contribution in [0.2, 0.25) is 0 Å². The Kier molecular flexibility index (Phi) is 5.41. The number of alkyl carbamates (subject to hydrolysis) is 1. The van der Waals surface area contributed by atoms with Crippen LogP contribution in [0.1, 0.15) is 47.0 Å². The van der Waals surface area contributed by atoms with Gasteiger partial charge in [-0.1, -0.05) is 0 Å². The molecular weight excluding hydrogens is 232 g/mol. The Morgan fingerprint density at radius 3 is 2.50 bits per heavy atom. The van der Waals surface area contributed by atoms with Gasteiger partial charge in [0.05, 0.1) is 0 Å². The van der Waals surface area contributed by atoms with Gasteiger partial charge in [0.2, 0.25) is 0 Å². The summed E-state index contributed by atoms with van der Waals surface area (Å²) in [5, 5.41) is 15.1. The molecule has 18 heavy (non-hydrogen) atoms. The molecule has 5 nitrogen and oxygen atoms in total. The Hall–Kier alpha value is -0.810. The summed E-state index contributed by atoms with van der Waals surface area (Å²) in [7, 11) is 0. The van der Waals surface area contributed by atoms with E-state index in [4.69, 9.17) is 9.84 Å². The quantitative estimate of drug-likeness (QED) is 0.697. The minimum Gasteiger partial charge on any atom is -0.444 e. The van der Waals surface area contributed by atoms with Crippen molar-refractivity contribution in [1.82, 2.24) is 10.6 Å². The molecule has 0 heterocycles. The summed E-state index contributed by atoms with van der Waals surface area (Å²) in [6.07, 6.45) is 2.28. The van der Waals surface area contributed by atoms with Gasteiger partial charge in [0.25, 0.3) is 0 Å². The van der Waals surface area contributed by atoms with Crippen LogP contribution in [0.3, 0.4) is 0 Å². The minimum absolute atomic E-state index is 0.207. The highest BCUT2D eigenvalue weighted by Crippen LogP contribution is 2.21. The van der Waals surface area contributed by atoms with Gasteiger partial charge in [0.15, 0.2) is 0 Å². The summed E-state index contributed by atoms with van der Waals surface area (Å²) in [4.78, 5) is 11.5. The predicted molar refractivity (Wildman–Crippen MR) is 70.5 cm³/mol. The first-order valence-corrected chi connectivity index (χ1v) is 6.66. The largest absolute Gasteiger partial charge is 0.444 e. The van der Waals surface area contributed by atoms with Crippen LogP contribution in [-0.2, 0) is 4.74 Å². The fourth-order valence-corrected chi connectivity index (χ4v) is 2.03. The fraction of sp³-hybridized carbons (Fsp3) is 0.923. The number of nitrogens with one attached hydrogen (secondary N) is 2. The molecule has 0 aromatic rings.